The number of rotatable bonds is 3. The monoisotopic (exact) mass is 248 g/mol. The van der Waals surface area contributed by atoms with E-state index in [4.69, 9.17) is 5.11 Å². The predicted octanol–water partition coefficient (Wildman–Crippen LogP) is 3.95. The molecule has 0 unspecified atom stereocenters. The van der Waals surface area contributed by atoms with Crippen LogP contribution in [0.4, 0.5) is 4.39 Å². The van der Waals surface area contributed by atoms with Crippen molar-refractivity contribution in [2.24, 2.45) is 0 Å². The third-order valence-corrected chi connectivity index (χ3v) is 3.47. The molecule has 0 atom stereocenters. The Morgan fingerprint density at radius 3 is 2.59 bits per heavy atom. The van der Waals surface area contributed by atoms with Crippen LogP contribution in [0.25, 0.3) is 16.5 Å². The van der Waals surface area contributed by atoms with Gasteiger partial charge < -0.3 is 5.11 Å². The van der Waals surface area contributed by atoms with Crippen LogP contribution < -0.4 is 0 Å². The average molecular weight is 248 g/mol. The highest BCUT2D eigenvalue weighted by molar-refractivity contribution is 7.16. The minimum absolute atomic E-state index is 0.0732. The van der Waals surface area contributed by atoms with E-state index < -0.39 is 0 Å². The molecule has 0 bridgehead atoms. The molecule has 17 heavy (non-hydrogen) atoms. The molecule has 0 amide bonds. The van der Waals surface area contributed by atoms with Crippen molar-refractivity contribution >= 4 is 17.4 Å². The molecule has 0 aliphatic carbocycles. The molecule has 0 radical (unpaired) electrons. The van der Waals surface area contributed by atoms with Gasteiger partial charge in [-0.25, -0.2) is 4.39 Å². The summed E-state index contributed by atoms with van der Waals surface area (Å²) >= 11 is 1.63. The maximum atomic E-state index is 12.8. The molecule has 1 N–H and O–H groups in total. The quantitative estimate of drug-likeness (QED) is 0.872. The smallest absolute Gasteiger partial charge is 0.123 e. The van der Waals surface area contributed by atoms with Gasteiger partial charge in [0.05, 0.1) is 6.61 Å². The molecule has 0 saturated heterocycles. The van der Waals surface area contributed by atoms with Gasteiger partial charge in [0.25, 0.3) is 0 Å². The van der Waals surface area contributed by atoms with Gasteiger partial charge in [0.15, 0.2) is 0 Å². The van der Waals surface area contributed by atoms with Crippen LogP contribution in [0.3, 0.4) is 0 Å². The Bertz CT molecular complexity index is 525. The second-order valence-electron chi connectivity index (χ2n) is 3.86. The highest BCUT2D eigenvalue weighted by Gasteiger charge is 2.02. The first kappa shape index (κ1) is 12.0. The zero-order valence-electron chi connectivity index (χ0n) is 9.48. The van der Waals surface area contributed by atoms with Crippen LogP contribution >= 0.6 is 11.3 Å². The second-order valence-corrected chi connectivity index (χ2v) is 4.97. The molecule has 0 fully saturated rings. The van der Waals surface area contributed by atoms with E-state index in [1.54, 1.807) is 23.5 Å². The number of hydrogen-bond acceptors (Lipinski definition) is 2. The Hall–Kier alpha value is -1.45. The highest BCUT2D eigenvalue weighted by atomic mass is 32.1. The maximum absolute atomic E-state index is 12.8. The van der Waals surface area contributed by atoms with Crippen LogP contribution in [0, 0.1) is 5.82 Å². The van der Waals surface area contributed by atoms with Gasteiger partial charge in [-0.15, -0.1) is 11.3 Å². The lowest BCUT2D eigenvalue weighted by molar-refractivity contribution is 0.332. The summed E-state index contributed by atoms with van der Waals surface area (Å²) in [6.45, 7) is 1.96. The Morgan fingerprint density at radius 1 is 1.24 bits per heavy atom. The molecule has 2 rings (SSSR count). The number of benzene rings is 1. The van der Waals surface area contributed by atoms with Gasteiger partial charge in [0.1, 0.15) is 5.82 Å². The van der Waals surface area contributed by atoms with Crippen LogP contribution in [0.1, 0.15) is 11.8 Å². The summed E-state index contributed by atoms with van der Waals surface area (Å²) in [6.07, 6.45) is 1.96. The lowest BCUT2D eigenvalue weighted by Crippen LogP contribution is -1.81. The fraction of sp³-hybridized carbons (Fsp3) is 0.143. The van der Waals surface area contributed by atoms with Gasteiger partial charge in [-0.1, -0.05) is 12.1 Å². The number of thiophene rings is 1. The average Bonchev–Trinajstić information content (AvgIpc) is 2.78. The number of hydrogen-bond donors (Lipinski definition) is 1. The summed E-state index contributed by atoms with van der Waals surface area (Å²) in [5.74, 6) is -0.221. The van der Waals surface area contributed by atoms with E-state index in [0.29, 0.717) is 0 Å². The van der Waals surface area contributed by atoms with Crippen molar-refractivity contribution < 1.29 is 9.50 Å². The molecule has 3 heteroatoms. The summed E-state index contributed by atoms with van der Waals surface area (Å²) in [5.41, 5.74) is 1.94. The summed E-state index contributed by atoms with van der Waals surface area (Å²) in [6, 6.07) is 10.5. The first-order valence-corrected chi connectivity index (χ1v) is 6.14. The van der Waals surface area contributed by atoms with Gasteiger partial charge in [-0.3, -0.25) is 0 Å². The van der Waals surface area contributed by atoms with E-state index >= 15 is 0 Å². The second kappa shape index (κ2) is 5.25. The Morgan fingerprint density at radius 2 is 1.94 bits per heavy atom. The third-order valence-electron chi connectivity index (χ3n) is 2.39. The van der Waals surface area contributed by atoms with E-state index in [1.165, 1.54) is 12.1 Å². The Labute approximate surface area is 104 Å². The number of aliphatic hydroxyl groups is 1. The van der Waals surface area contributed by atoms with Crippen LogP contribution in [-0.2, 0) is 0 Å². The number of aliphatic hydroxyl groups excluding tert-OH is 1. The zero-order chi connectivity index (χ0) is 12.3. The van der Waals surface area contributed by atoms with Gasteiger partial charge in [-0.05, 0) is 48.4 Å². The SMILES string of the molecule is CC(=Cc1ccc(-c2ccc(F)cc2)s1)CO. The normalized spacial score (nSPS) is 11.8. The van der Waals surface area contributed by atoms with Crippen LogP contribution in [0.5, 0.6) is 0 Å². The van der Waals surface area contributed by atoms with E-state index in [2.05, 4.69) is 0 Å². The van der Waals surface area contributed by atoms with Gasteiger partial charge in [0.2, 0.25) is 0 Å². The first-order chi connectivity index (χ1) is 8.19. The van der Waals surface area contributed by atoms with Crippen molar-refractivity contribution in [3.8, 4) is 10.4 Å². The molecule has 0 spiro atoms. The molecule has 0 saturated carbocycles. The van der Waals surface area contributed by atoms with Crippen molar-refractivity contribution in [3.05, 3.63) is 52.7 Å². The minimum Gasteiger partial charge on any atom is -0.392 e. The van der Waals surface area contributed by atoms with Crippen molar-refractivity contribution in [2.75, 3.05) is 6.61 Å². The minimum atomic E-state index is -0.221. The molecule has 1 aromatic heterocycles. The summed E-state index contributed by atoms with van der Waals surface area (Å²) in [7, 11) is 0. The van der Waals surface area contributed by atoms with Crippen molar-refractivity contribution in [1.29, 1.82) is 0 Å². The van der Waals surface area contributed by atoms with E-state index in [-0.39, 0.29) is 12.4 Å². The molecule has 1 aromatic carbocycles. The van der Waals surface area contributed by atoms with E-state index in [0.717, 1.165) is 20.9 Å². The number of halogens is 1. The summed E-state index contributed by atoms with van der Waals surface area (Å²) in [5, 5.41) is 8.95. The van der Waals surface area contributed by atoms with Crippen LogP contribution in [0.15, 0.2) is 42.0 Å². The summed E-state index contributed by atoms with van der Waals surface area (Å²) in [4.78, 5) is 2.19. The fourth-order valence-corrected chi connectivity index (χ4v) is 2.53. The van der Waals surface area contributed by atoms with Gasteiger partial charge in [0, 0.05) is 9.75 Å². The van der Waals surface area contributed by atoms with Crippen LogP contribution in [0.2, 0.25) is 0 Å². The summed E-state index contributed by atoms with van der Waals surface area (Å²) < 4.78 is 12.8. The molecular weight excluding hydrogens is 235 g/mol. The molecule has 1 nitrogen and oxygen atoms in total. The van der Waals surface area contributed by atoms with Gasteiger partial charge in [-0.2, -0.15) is 0 Å². The molecule has 1 heterocycles. The lowest BCUT2D eigenvalue weighted by atomic mass is 10.2. The topological polar surface area (TPSA) is 20.2 Å². The van der Waals surface area contributed by atoms with Gasteiger partial charge >= 0.3 is 0 Å². The van der Waals surface area contributed by atoms with E-state index in [1.807, 2.05) is 25.1 Å². The third kappa shape index (κ3) is 3.02. The Kier molecular flexibility index (Phi) is 3.71. The lowest BCUT2D eigenvalue weighted by Gasteiger charge is -1.96. The van der Waals surface area contributed by atoms with Crippen molar-refractivity contribution in [1.82, 2.24) is 0 Å². The fourth-order valence-electron chi connectivity index (χ4n) is 1.49. The molecule has 0 aliphatic heterocycles. The zero-order valence-corrected chi connectivity index (χ0v) is 10.3. The maximum Gasteiger partial charge on any atom is 0.123 e. The van der Waals surface area contributed by atoms with Crippen molar-refractivity contribution in [3.63, 3.8) is 0 Å². The highest BCUT2D eigenvalue weighted by Crippen LogP contribution is 2.29. The molecular formula is C14H13FOS. The Balaban J connectivity index is 2.27. The first-order valence-electron chi connectivity index (χ1n) is 5.33. The largest absolute Gasteiger partial charge is 0.392 e. The predicted molar refractivity (Wildman–Crippen MR) is 70.4 cm³/mol. The van der Waals surface area contributed by atoms with Crippen molar-refractivity contribution in [2.45, 2.75) is 6.92 Å². The molecule has 0 aliphatic rings. The standard InChI is InChI=1S/C14H13FOS/c1-10(9-16)8-13-6-7-14(17-13)11-2-4-12(15)5-3-11/h2-8,16H,9H2,1H3. The molecule has 88 valence electrons. The van der Waals surface area contributed by atoms with Crippen LogP contribution in [-0.4, -0.2) is 11.7 Å². The molecule has 2 aromatic rings. The van der Waals surface area contributed by atoms with E-state index in [9.17, 15) is 4.39 Å².